The van der Waals surface area contributed by atoms with Gasteiger partial charge in [0.25, 0.3) is 0 Å². The van der Waals surface area contributed by atoms with E-state index >= 15 is 0 Å². The molecule has 0 bridgehead atoms. The summed E-state index contributed by atoms with van der Waals surface area (Å²) in [5.74, 6) is 0.823. The minimum atomic E-state index is 0.823. The van der Waals surface area contributed by atoms with Crippen molar-refractivity contribution in [2.24, 2.45) is 4.99 Å². The normalized spacial score (nSPS) is 14.0. The van der Waals surface area contributed by atoms with Gasteiger partial charge in [-0.15, -0.1) is 11.8 Å². The highest BCUT2D eigenvalue weighted by molar-refractivity contribution is 7.99. The summed E-state index contributed by atoms with van der Waals surface area (Å²) >= 11 is 1.83. The van der Waals surface area contributed by atoms with Gasteiger partial charge in [0.2, 0.25) is 0 Å². The lowest BCUT2D eigenvalue weighted by Gasteiger charge is -2.10. The number of benzene rings is 1. The van der Waals surface area contributed by atoms with E-state index in [-0.39, 0.29) is 0 Å². The summed E-state index contributed by atoms with van der Waals surface area (Å²) in [6.07, 6.45) is 2.03. The molecule has 0 fully saturated rings. The standard InChI is InChI=1S/C16H11NS/c1-2-6-14-12(4-1)8-11-5-3-7-13(11)15-9-17-10-18-16(14)15/h1-9H,10H2. The van der Waals surface area contributed by atoms with Crippen molar-refractivity contribution in [2.45, 2.75) is 4.90 Å². The van der Waals surface area contributed by atoms with Crippen molar-refractivity contribution < 1.29 is 0 Å². The smallest absolute Gasteiger partial charge is 0.0890 e. The van der Waals surface area contributed by atoms with Gasteiger partial charge in [0.05, 0.1) is 5.88 Å². The minimum Gasteiger partial charge on any atom is -0.281 e. The summed E-state index contributed by atoms with van der Waals surface area (Å²) in [7, 11) is 0. The molecule has 1 aromatic carbocycles. The Kier molecular flexibility index (Phi) is 2.17. The van der Waals surface area contributed by atoms with Crippen LogP contribution < -0.4 is 0 Å². The van der Waals surface area contributed by atoms with Crippen molar-refractivity contribution in [1.29, 1.82) is 0 Å². The van der Waals surface area contributed by atoms with E-state index in [9.17, 15) is 0 Å². The van der Waals surface area contributed by atoms with Crippen LogP contribution in [0.15, 0.2) is 58.4 Å². The molecule has 0 spiro atoms. The first kappa shape index (κ1) is 10.2. The Morgan fingerprint density at radius 1 is 1.00 bits per heavy atom. The van der Waals surface area contributed by atoms with Gasteiger partial charge in [0.15, 0.2) is 0 Å². The molecule has 86 valence electrons. The Labute approximate surface area is 110 Å². The molecule has 1 heterocycles. The van der Waals surface area contributed by atoms with Gasteiger partial charge in [-0.05, 0) is 28.0 Å². The van der Waals surface area contributed by atoms with Crippen molar-refractivity contribution in [3.63, 3.8) is 0 Å². The van der Waals surface area contributed by atoms with Crippen LogP contribution in [0.2, 0.25) is 0 Å². The average molecular weight is 249 g/mol. The molecule has 0 atom stereocenters. The predicted molar refractivity (Wildman–Crippen MR) is 78.9 cm³/mol. The fourth-order valence-electron chi connectivity index (χ4n) is 2.58. The molecule has 0 amide bonds. The van der Waals surface area contributed by atoms with Crippen molar-refractivity contribution in [3.05, 3.63) is 54.1 Å². The first-order valence-corrected chi connectivity index (χ1v) is 6.99. The summed E-state index contributed by atoms with van der Waals surface area (Å²) in [5, 5.41) is 2.64. The van der Waals surface area contributed by atoms with Gasteiger partial charge in [-0.2, -0.15) is 0 Å². The Morgan fingerprint density at radius 2 is 1.94 bits per heavy atom. The number of thioether (sulfide) groups is 1. The van der Waals surface area contributed by atoms with Crippen LogP contribution in [0.5, 0.6) is 0 Å². The van der Waals surface area contributed by atoms with E-state index in [1.54, 1.807) is 0 Å². The van der Waals surface area contributed by atoms with Gasteiger partial charge in [-0.3, -0.25) is 4.99 Å². The molecular formula is C16H11NS. The Morgan fingerprint density at radius 3 is 2.94 bits per heavy atom. The fourth-order valence-corrected chi connectivity index (χ4v) is 3.52. The first-order valence-electron chi connectivity index (χ1n) is 6.00. The van der Waals surface area contributed by atoms with E-state index in [1.165, 1.54) is 32.4 Å². The number of hydrogen-bond acceptors (Lipinski definition) is 2. The van der Waals surface area contributed by atoms with Crippen LogP contribution in [0, 0.1) is 0 Å². The van der Waals surface area contributed by atoms with E-state index in [2.05, 4.69) is 53.5 Å². The Bertz CT molecular complexity index is 745. The number of nitrogens with zero attached hydrogens (tertiary/aromatic N) is 1. The second-order valence-corrected chi connectivity index (χ2v) is 5.41. The molecule has 2 aliphatic carbocycles. The molecule has 0 saturated heterocycles. The van der Waals surface area contributed by atoms with Crippen molar-refractivity contribution >= 4 is 28.7 Å². The Balaban J connectivity index is 2.27. The van der Waals surface area contributed by atoms with E-state index in [0.29, 0.717) is 0 Å². The monoisotopic (exact) mass is 249 g/mol. The van der Waals surface area contributed by atoms with Crippen LogP contribution in [0.4, 0.5) is 0 Å². The fraction of sp³-hybridized carbons (Fsp3) is 0.0625. The number of fused-ring (bicyclic) bond motifs is 5. The summed E-state index contributed by atoms with van der Waals surface area (Å²) in [4.78, 5) is 5.78. The van der Waals surface area contributed by atoms with Gasteiger partial charge in [-0.25, -0.2) is 0 Å². The van der Waals surface area contributed by atoms with Crippen LogP contribution in [-0.2, 0) is 0 Å². The lowest BCUT2D eigenvalue weighted by Crippen LogP contribution is -1.93. The van der Waals surface area contributed by atoms with Crippen LogP contribution in [0.3, 0.4) is 0 Å². The van der Waals surface area contributed by atoms with Gasteiger partial charge in [-0.1, -0.05) is 42.5 Å². The van der Waals surface area contributed by atoms with Crippen LogP contribution in [0.1, 0.15) is 5.56 Å². The van der Waals surface area contributed by atoms with E-state index in [4.69, 9.17) is 0 Å². The largest absolute Gasteiger partial charge is 0.281 e. The highest BCUT2D eigenvalue weighted by Crippen LogP contribution is 2.39. The van der Waals surface area contributed by atoms with Crippen molar-refractivity contribution in [1.82, 2.24) is 0 Å². The second kappa shape index (κ2) is 3.85. The average Bonchev–Trinajstić information content (AvgIpc) is 2.83. The summed E-state index contributed by atoms with van der Waals surface area (Å²) in [5.41, 5.74) is 3.87. The predicted octanol–water partition coefficient (Wildman–Crippen LogP) is 4.43. The van der Waals surface area contributed by atoms with Crippen LogP contribution in [0.25, 0.3) is 21.9 Å². The first-order chi connectivity index (χ1) is 8.93. The van der Waals surface area contributed by atoms with Crippen LogP contribution in [-0.4, -0.2) is 12.1 Å². The molecular weight excluding hydrogens is 238 g/mol. The second-order valence-electron chi connectivity index (χ2n) is 4.45. The molecule has 1 nitrogen and oxygen atoms in total. The zero-order valence-corrected chi connectivity index (χ0v) is 10.6. The summed E-state index contributed by atoms with van der Waals surface area (Å²) in [6.45, 7) is 0. The quantitative estimate of drug-likeness (QED) is 0.574. The summed E-state index contributed by atoms with van der Waals surface area (Å²) < 4.78 is 0. The maximum atomic E-state index is 4.42. The molecule has 0 saturated carbocycles. The third kappa shape index (κ3) is 1.39. The Hall–Kier alpha value is -1.80. The van der Waals surface area contributed by atoms with Crippen molar-refractivity contribution in [2.75, 3.05) is 5.88 Å². The molecule has 4 rings (SSSR count). The van der Waals surface area contributed by atoms with Gasteiger partial charge in [0, 0.05) is 16.7 Å². The number of aliphatic imine (C=N–C) groups is 1. The topological polar surface area (TPSA) is 12.4 Å². The molecule has 3 aliphatic rings. The van der Waals surface area contributed by atoms with E-state index < -0.39 is 0 Å². The maximum Gasteiger partial charge on any atom is 0.0890 e. The summed E-state index contributed by atoms with van der Waals surface area (Å²) in [6, 6.07) is 17.4. The van der Waals surface area contributed by atoms with Gasteiger partial charge >= 0.3 is 0 Å². The van der Waals surface area contributed by atoms with E-state index in [1.807, 2.05) is 18.0 Å². The van der Waals surface area contributed by atoms with Gasteiger partial charge in [0.1, 0.15) is 0 Å². The highest BCUT2D eigenvalue weighted by atomic mass is 32.2. The third-order valence-electron chi connectivity index (χ3n) is 3.40. The molecule has 0 aromatic heterocycles. The molecule has 0 unspecified atom stereocenters. The molecule has 0 radical (unpaired) electrons. The molecule has 18 heavy (non-hydrogen) atoms. The zero-order chi connectivity index (χ0) is 11.9. The third-order valence-corrected chi connectivity index (χ3v) is 4.41. The molecule has 2 heteroatoms. The number of rotatable bonds is 0. The maximum absolute atomic E-state index is 4.42. The highest BCUT2D eigenvalue weighted by Gasteiger charge is 2.15. The van der Waals surface area contributed by atoms with Gasteiger partial charge < -0.3 is 0 Å². The lowest BCUT2D eigenvalue weighted by atomic mass is 10.1. The van der Waals surface area contributed by atoms with Crippen LogP contribution >= 0.6 is 11.8 Å². The SMILES string of the molecule is C1=NCSc2c1c1cccc-1cc1ccccc21. The molecule has 1 aromatic rings. The zero-order valence-electron chi connectivity index (χ0n) is 9.76. The molecule has 0 N–H and O–H groups in total. The lowest BCUT2D eigenvalue weighted by molar-refractivity contribution is 1.34. The van der Waals surface area contributed by atoms with E-state index in [0.717, 1.165) is 5.88 Å². The minimum absolute atomic E-state index is 0.823. The van der Waals surface area contributed by atoms with Crippen molar-refractivity contribution in [3.8, 4) is 11.1 Å². The molecule has 1 aliphatic heterocycles. The number of hydrogen-bond donors (Lipinski definition) is 0.